The summed E-state index contributed by atoms with van der Waals surface area (Å²) in [7, 11) is -3.43. The number of rotatable bonds is 8. The van der Waals surface area contributed by atoms with Gasteiger partial charge in [0.1, 0.15) is 0 Å². The molecule has 116 valence electrons. The van der Waals surface area contributed by atoms with Crippen LogP contribution in [-0.2, 0) is 16.6 Å². The van der Waals surface area contributed by atoms with Crippen molar-refractivity contribution in [2.24, 2.45) is 0 Å². The molecular weight excluding hydrogens is 284 g/mol. The van der Waals surface area contributed by atoms with E-state index in [1.54, 1.807) is 12.1 Å². The van der Waals surface area contributed by atoms with Gasteiger partial charge in [0.25, 0.3) is 0 Å². The smallest absolute Gasteiger partial charge is 0.243 e. The van der Waals surface area contributed by atoms with E-state index in [2.05, 4.69) is 11.9 Å². The standard InChI is InChI=1S/C16H24N2O2S/c1-4-18(12-13(2)3)21(19,20)16-9-5-14(6-10-16)11-17-15-7-8-15/h5-6,9-10,15,17H,2,4,7-8,11-12H2,1,3H3. The molecule has 0 atom stereocenters. The van der Waals surface area contributed by atoms with Gasteiger partial charge in [-0.3, -0.25) is 0 Å². The predicted molar refractivity (Wildman–Crippen MR) is 85.6 cm³/mol. The van der Waals surface area contributed by atoms with Crippen molar-refractivity contribution >= 4 is 10.0 Å². The first-order valence-electron chi connectivity index (χ1n) is 7.40. The van der Waals surface area contributed by atoms with Crippen LogP contribution in [0.3, 0.4) is 0 Å². The molecule has 1 aromatic rings. The van der Waals surface area contributed by atoms with Crippen LogP contribution in [0.1, 0.15) is 32.3 Å². The second-order valence-corrected chi connectivity index (χ2v) is 7.63. The van der Waals surface area contributed by atoms with Crippen LogP contribution < -0.4 is 5.32 Å². The maximum absolute atomic E-state index is 12.6. The number of hydrogen-bond donors (Lipinski definition) is 1. The SMILES string of the molecule is C=C(C)CN(CC)S(=O)(=O)c1ccc(CNC2CC2)cc1. The van der Waals surface area contributed by atoms with E-state index in [1.807, 2.05) is 26.0 Å². The fourth-order valence-corrected chi connectivity index (χ4v) is 3.65. The molecule has 1 saturated carbocycles. The highest BCUT2D eigenvalue weighted by Crippen LogP contribution is 2.20. The Morgan fingerprint density at radius 1 is 1.33 bits per heavy atom. The van der Waals surface area contributed by atoms with E-state index in [9.17, 15) is 8.42 Å². The maximum Gasteiger partial charge on any atom is 0.243 e. The lowest BCUT2D eigenvalue weighted by atomic mass is 10.2. The monoisotopic (exact) mass is 308 g/mol. The van der Waals surface area contributed by atoms with Crippen molar-refractivity contribution in [1.82, 2.24) is 9.62 Å². The molecule has 5 heteroatoms. The van der Waals surface area contributed by atoms with Gasteiger partial charge in [-0.1, -0.05) is 31.2 Å². The molecule has 0 aliphatic heterocycles. The van der Waals surface area contributed by atoms with Crippen LogP contribution >= 0.6 is 0 Å². The van der Waals surface area contributed by atoms with Gasteiger partial charge in [-0.25, -0.2) is 8.42 Å². The van der Waals surface area contributed by atoms with E-state index in [0.29, 0.717) is 24.0 Å². The van der Waals surface area contributed by atoms with Gasteiger partial charge in [0, 0.05) is 25.7 Å². The van der Waals surface area contributed by atoms with Crippen molar-refractivity contribution < 1.29 is 8.42 Å². The Kier molecular flexibility index (Phi) is 5.19. The third-order valence-electron chi connectivity index (χ3n) is 3.53. The molecule has 0 amide bonds. The summed E-state index contributed by atoms with van der Waals surface area (Å²) >= 11 is 0. The summed E-state index contributed by atoms with van der Waals surface area (Å²) in [6.07, 6.45) is 2.50. The van der Waals surface area contributed by atoms with Gasteiger partial charge in [0.05, 0.1) is 4.90 Å². The fourth-order valence-electron chi connectivity index (χ4n) is 2.15. The molecule has 0 saturated heterocycles. The topological polar surface area (TPSA) is 49.4 Å². The average molecular weight is 308 g/mol. The molecule has 1 aliphatic carbocycles. The highest BCUT2D eigenvalue weighted by Gasteiger charge is 2.23. The summed E-state index contributed by atoms with van der Waals surface area (Å²) < 4.78 is 26.6. The number of sulfonamides is 1. The summed E-state index contributed by atoms with van der Waals surface area (Å²) in [6, 6.07) is 7.81. The van der Waals surface area contributed by atoms with Crippen LogP contribution in [0.4, 0.5) is 0 Å². The Balaban J connectivity index is 2.09. The van der Waals surface area contributed by atoms with Crippen LogP contribution in [0.25, 0.3) is 0 Å². The third-order valence-corrected chi connectivity index (χ3v) is 5.47. The predicted octanol–water partition coefficient (Wildman–Crippen LogP) is 2.53. The summed E-state index contributed by atoms with van der Waals surface area (Å²) in [5, 5.41) is 3.42. The lowest BCUT2D eigenvalue weighted by Gasteiger charge is -2.20. The van der Waals surface area contributed by atoms with E-state index in [4.69, 9.17) is 0 Å². The number of likely N-dealkylation sites (N-methyl/N-ethyl adjacent to an activating group) is 1. The molecule has 2 rings (SSSR count). The minimum atomic E-state index is -3.43. The van der Waals surface area contributed by atoms with Crippen LogP contribution in [0.15, 0.2) is 41.3 Å². The second-order valence-electron chi connectivity index (χ2n) is 5.69. The summed E-state index contributed by atoms with van der Waals surface area (Å²) in [6.45, 7) is 9.09. The van der Waals surface area contributed by atoms with Crippen molar-refractivity contribution in [3.05, 3.63) is 42.0 Å². The molecule has 0 aromatic heterocycles. The Hall–Kier alpha value is -1.17. The van der Waals surface area contributed by atoms with Crippen molar-refractivity contribution in [2.45, 2.75) is 44.2 Å². The average Bonchev–Trinajstić information content (AvgIpc) is 3.27. The first-order chi connectivity index (χ1) is 9.93. The largest absolute Gasteiger partial charge is 0.310 e. The molecule has 1 aromatic carbocycles. The second kappa shape index (κ2) is 6.73. The van der Waals surface area contributed by atoms with E-state index in [0.717, 1.165) is 17.7 Å². The van der Waals surface area contributed by atoms with Crippen LogP contribution in [0.2, 0.25) is 0 Å². The number of hydrogen-bond acceptors (Lipinski definition) is 3. The highest BCUT2D eigenvalue weighted by molar-refractivity contribution is 7.89. The molecule has 1 aliphatic rings. The van der Waals surface area contributed by atoms with E-state index < -0.39 is 10.0 Å². The van der Waals surface area contributed by atoms with Gasteiger partial charge in [0.15, 0.2) is 0 Å². The van der Waals surface area contributed by atoms with Gasteiger partial charge in [0.2, 0.25) is 10.0 Å². The summed E-state index contributed by atoms with van der Waals surface area (Å²) in [5.74, 6) is 0. The molecule has 21 heavy (non-hydrogen) atoms. The van der Waals surface area contributed by atoms with Crippen LogP contribution in [0.5, 0.6) is 0 Å². The van der Waals surface area contributed by atoms with Crippen LogP contribution in [-0.4, -0.2) is 31.9 Å². The lowest BCUT2D eigenvalue weighted by molar-refractivity contribution is 0.453. The molecule has 0 unspecified atom stereocenters. The normalized spacial score (nSPS) is 15.4. The minimum Gasteiger partial charge on any atom is -0.310 e. The molecule has 0 spiro atoms. The Morgan fingerprint density at radius 3 is 2.43 bits per heavy atom. The summed E-state index contributed by atoms with van der Waals surface area (Å²) in [5.41, 5.74) is 1.95. The fraction of sp³-hybridized carbons (Fsp3) is 0.500. The molecule has 0 heterocycles. The zero-order chi connectivity index (χ0) is 15.5. The maximum atomic E-state index is 12.6. The molecule has 1 N–H and O–H groups in total. The highest BCUT2D eigenvalue weighted by atomic mass is 32.2. The van der Waals surface area contributed by atoms with E-state index in [1.165, 1.54) is 17.1 Å². The van der Waals surface area contributed by atoms with E-state index >= 15 is 0 Å². The van der Waals surface area contributed by atoms with Gasteiger partial charge in [-0.2, -0.15) is 4.31 Å². The van der Waals surface area contributed by atoms with Crippen molar-refractivity contribution in [3.8, 4) is 0 Å². The van der Waals surface area contributed by atoms with Gasteiger partial charge in [-0.15, -0.1) is 0 Å². The number of benzene rings is 1. The molecule has 4 nitrogen and oxygen atoms in total. The Labute approximate surface area is 127 Å². The van der Waals surface area contributed by atoms with Crippen molar-refractivity contribution in [1.29, 1.82) is 0 Å². The Bertz CT molecular complexity index is 589. The van der Waals surface area contributed by atoms with Gasteiger partial charge >= 0.3 is 0 Å². The minimum absolute atomic E-state index is 0.348. The first-order valence-corrected chi connectivity index (χ1v) is 8.84. The number of nitrogens with one attached hydrogen (secondary N) is 1. The molecular formula is C16H24N2O2S. The first kappa shape index (κ1) is 16.2. The molecule has 0 radical (unpaired) electrons. The lowest BCUT2D eigenvalue weighted by Crippen LogP contribution is -2.32. The van der Waals surface area contributed by atoms with E-state index in [-0.39, 0.29) is 0 Å². The molecule has 0 bridgehead atoms. The number of nitrogens with zero attached hydrogens (tertiary/aromatic N) is 1. The van der Waals surface area contributed by atoms with Gasteiger partial charge in [-0.05, 0) is 37.5 Å². The molecule has 1 fully saturated rings. The third kappa shape index (κ3) is 4.40. The zero-order valence-electron chi connectivity index (χ0n) is 12.8. The summed E-state index contributed by atoms with van der Waals surface area (Å²) in [4.78, 5) is 0.348. The zero-order valence-corrected chi connectivity index (χ0v) is 13.6. The van der Waals surface area contributed by atoms with Crippen molar-refractivity contribution in [2.75, 3.05) is 13.1 Å². The van der Waals surface area contributed by atoms with Crippen molar-refractivity contribution in [3.63, 3.8) is 0 Å². The quantitative estimate of drug-likeness (QED) is 0.751. The van der Waals surface area contributed by atoms with Gasteiger partial charge < -0.3 is 5.32 Å². The van der Waals surface area contributed by atoms with Crippen LogP contribution in [0, 0.1) is 0 Å². The Morgan fingerprint density at radius 2 is 1.95 bits per heavy atom.